The van der Waals surface area contributed by atoms with Crippen LogP contribution in [0.15, 0.2) is 12.1 Å². The Morgan fingerprint density at radius 2 is 1.69 bits per heavy atom. The molecule has 16 heavy (non-hydrogen) atoms. The third-order valence-corrected chi connectivity index (χ3v) is 3.88. The molecular formula is C14H22N2. The van der Waals surface area contributed by atoms with Crippen molar-refractivity contribution in [2.75, 3.05) is 7.05 Å². The van der Waals surface area contributed by atoms with Crippen molar-refractivity contribution in [1.82, 2.24) is 5.32 Å². The third-order valence-electron chi connectivity index (χ3n) is 3.88. The molecule has 1 aromatic carbocycles. The SMILES string of the molecule is CNC(c1cc(C)c(C)cc1C)C1(N)CC1. The molecule has 0 amide bonds. The molecule has 2 nitrogen and oxygen atoms in total. The van der Waals surface area contributed by atoms with E-state index in [0.717, 1.165) is 12.8 Å². The molecule has 0 bridgehead atoms. The first kappa shape index (κ1) is 11.6. The molecule has 1 aliphatic rings. The number of aryl methyl sites for hydroxylation is 3. The summed E-state index contributed by atoms with van der Waals surface area (Å²) in [5, 5.41) is 3.38. The summed E-state index contributed by atoms with van der Waals surface area (Å²) in [6.45, 7) is 6.51. The molecule has 3 N–H and O–H groups in total. The Hall–Kier alpha value is -0.860. The van der Waals surface area contributed by atoms with Crippen molar-refractivity contribution in [2.24, 2.45) is 5.73 Å². The number of benzene rings is 1. The molecule has 1 aromatic rings. The fraction of sp³-hybridized carbons (Fsp3) is 0.571. The lowest BCUT2D eigenvalue weighted by Gasteiger charge is -2.26. The van der Waals surface area contributed by atoms with E-state index in [0.29, 0.717) is 6.04 Å². The molecule has 88 valence electrons. The van der Waals surface area contributed by atoms with E-state index in [1.54, 1.807) is 0 Å². The van der Waals surface area contributed by atoms with Crippen LogP contribution in [0, 0.1) is 20.8 Å². The summed E-state index contributed by atoms with van der Waals surface area (Å²) >= 11 is 0. The lowest BCUT2D eigenvalue weighted by atomic mass is 9.91. The largest absolute Gasteiger partial charge is 0.323 e. The van der Waals surface area contributed by atoms with Crippen molar-refractivity contribution in [3.63, 3.8) is 0 Å². The predicted molar refractivity (Wildman–Crippen MR) is 68.6 cm³/mol. The van der Waals surface area contributed by atoms with Crippen LogP contribution in [0.2, 0.25) is 0 Å². The van der Waals surface area contributed by atoms with Crippen LogP contribution in [0.1, 0.15) is 41.1 Å². The van der Waals surface area contributed by atoms with E-state index in [4.69, 9.17) is 5.73 Å². The van der Waals surface area contributed by atoms with Gasteiger partial charge in [0.05, 0.1) is 6.04 Å². The first-order valence-corrected chi connectivity index (χ1v) is 6.02. The normalized spacial score (nSPS) is 19.6. The van der Waals surface area contributed by atoms with Gasteiger partial charge in [0, 0.05) is 5.54 Å². The molecule has 1 aliphatic carbocycles. The quantitative estimate of drug-likeness (QED) is 0.817. The Kier molecular flexibility index (Phi) is 2.81. The minimum atomic E-state index is -0.0127. The lowest BCUT2D eigenvalue weighted by molar-refractivity contribution is 0.459. The minimum absolute atomic E-state index is 0.0127. The van der Waals surface area contributed by atoms with Crippen LogP contribution in [0.3, 0.4) is 0 Å². The zero-order valence-electron chi connectivity index (χ0n) is 10.7. The van der Waals surface area contributed by atoms with Crippen molar-refractivity contribution in [1.29, 1.82) is 0 Å². The van der Waals surface area contributed by atoms with Gasteiger partial charge in [-0.2, -0.15) is 0 Å². The van der Waals surface area contributed by atoms with Crippen LogP contribution < -0.4 is 11.1 Å². The molecule has 0 aliphatic heterocycles. The molecular weight excluding hydrogens is 196 g/mol. The summed E-state index contributed by atoms with van der Waals surface area (Å²) in [5.41, 5.74) is 11.7. The van der Waals surface area contributed by atoms with Crippen molar-refractivity contribution >= 4 is 0 Å². The van der Waals surface area contributed by atoms with Crippen molar-refractivity contribution in [3.05, 3.63) is 34.4 Å². The number of nitrogens with one attached hydrogen (secondary N) is 1. The average Bonchev–Trinajstić information content (AvgIpc) is 2.94. The molecule has 1 fully saturated rings. The zero-order valence-corrected chi connectivity index (χ0v) is 10.7. The molecule has 0 heterocycles. The molecule has 0 saturated heterocycles. The van der Waals surface area contributed by atoms with Gasteiger partial charge in [-0.25, -0.2) is 0 Å². The van der Waals surface area contributed by atoms with Gasteiger partial charge >= 0.3 is 0 Å². The maximum absolute atomic E-state index is 6.33. The number of likely N-dealkylation sites (N-methyl/N-ethyl adjacent to an activating group) is 1. The van der Waals surface area contributed by atoms with Crippen molar-refractivity contribution in [3.8, 4) is 0 Å². The topological polar surface area (TPSA) is 38.0 Å². The highest BCUT2D eigenvalue weighted by Gasteiger charge is 2.46. The zero-order chi connectivity index (χ0) is 11.9. The summed E-state index contributed by atoms with van der Waals surface area (Å²) in [5.74, 6) is 0. The summed E-state index contributed by atoms with van der Waals surface area (Å²) in [6, 6.07) is 4.85. The van der Waals surface area contributed by atoms with Crippen LogP contribution in [0.4, 0.5) is 0 Å². The Bertz CT molecular complexity index is 405. The smallest absolute Gasteiger partial charge is 0.0503 e. The van der Waals surface area contributed by atoms with Gasteiger partial charge in [0.2, 0.25) is 0 Å². The van der Waals surface area contributed by atoms with Crippen LogP contribution in [0.25, 0.3) is 0 Å². The maximum atomic E-state index is 6.33. The second-order valence-electron chi connectivity index (χ2n) is 5.25. The predicted octanol–water partition coefficient (Wildman–Crippen LogP) is 2.36. The van der Waals surface area contributed by atoms with Gasteiger partial charge in [-0.1, -0.05) is 12.1 Å². The molecule has 1 saturated carbocycles. The van der Waals surface area contributed by atoms with Gasteiger partial charge < -0.3 is 11.1 Å². The number of nitrogens with two attached hydrogens (primary N) is 1. The first-order chi connectivity index (χ1) is 7.48. The van der Waals surface area contributed by atoms with Gasteiger partial charge in [0.25, 0.3) is 0 Å². The lowest BCUT2D eigenvalue weighted by Crippen LogP contribution is -2.38. The van der Waals surface area contributed by atoms with Gasteiger partial charge in [0.1, 0.15) is 0 Å². The highest BCUT2D eigenvalue weighted by molar-refractivity contribution is 5.40. The van der Waals surface area contributed by atoms with Crippen molar-refractivity contribution in [2.45, 2.75) is 45.2 Å². The molecule has 1 atom stereocenters. The number of hydrogen-bond acceptors (Lipinski definition) is 2. The summed E-state index contributed by atoms with van der Waals surface area (Å²) in [6.07, 6.45) is 2.26. The fourth-order valence-corrected chi connectivity index (χ4v) is 2.48. The Morgan fingerprint density at radius 1 is 1.12 bits per heavy atom. The van der Waals surface area contributed by atoms with Crippen molar-refractivity contribution < 1.29 is 0 Å². The second kappa shape index (κ2) is 3.86. The van der Waals surface area contributed by atoms with E-state index in [2.05, 4.69) is 38.2 Å². The van der Waals surface area contributed by atoms with Gasteiger partial charge in [-0.15, -0.1) is 0 Å². The molecule has 1 unspecified atom stereocenters. The van der Waals surface area contributed by atoms with Crippen LogP contribution in [-0.4, -0.2) is 12.6 Å². The van der Waals surface area contributed by atoms with E-state index in [1.165, 1.54) is 22.3 Å². The minimum Gasteiger partial charge on any atom is -0.323 e. The van der Waals surface area contributed by atoms with Crippen LogP contribution in [-0.2, 0) is 0 Å². The van der Waals surface area contributed by atoms with Crippen LogP contribution >= 0.6 is 0 Å². The third kappa shape index (κ3) is 1.87. The first-order valence-electron chi connectivity index (χ1n) is 6.02. The van der Waals surface area contributed by atoms with Gasteiger partial charge in [-0.3, -0.25) is 0 Å². The van der Waals surface area contributed by atoms with Gasteiger partial charge in [0.15, 0.2) is 0 Å². The Labute approximate surface area is 98.2 Å². The molecule has 0 spiro atoms. The standard InChI is InChI=1S/C14H22N2/c1-9-7-11(3)12(8-10(9)2)13(16-4)14(15)5-6-14/h7-8,13,16H,5-6,15H2,1-4H3. The van der Waals surface area contributed by atoms with E-state index in [9.17, 15) is 0 Å². The highest BCUT2D eigenvalue weighted by atomic mass is 15.0. The molecule has 2 rings (SSSR count). The van der Waals surface area contributed by atoms with E-state index in [1.807, 2.05) is 7.05 Å². The molecule has 0 aromatic heterocycles. The number of hydrogen-bond donors (Lipinski definition) is 2. The number of rotatable bonds is 3. The Morgan fingerprint density at radius 3 is 2.19 bits per heavy atom. The highest BCUT2D eigenvalue weighted by Crippen LogP contribution is 2.44. The van der Waals surface area contributed by atoms with E-state index in [-0.39, 0.29) is 5.54 Å². The summed E-state index contributed by atoms with van der Waals surface area (Å²) in [7, 11) is 2.01. The van der Waals surface area contributed by atoms with Crippen LogP contribution in [0.5, 0.6) is 0 Å². The second-order valence-corrected chi connectivity index (χ2v) is 5.25. The fourth-order valence-electron chi connectivity index (χ4n) is 2.48. The Balaban J connectivity index is 2.42. The summed E-state index contributed by atoms with van der Waals surface area (Å²) < 4.78 is 0. The molecule has 0 radical (unpaired) electrons. The average molecular weight is 218 g/mol. The van der Waals surface area contributed by atoms with E-state index < -0.39 is 0 Å². The van der Waals surface area contributed by atoms with Gasteiger partial charge in [-0.05, 0) is 62.9 Å². The summed E-state index contributed by atoms with van der Waals surface area (Å²) in [4.78, 5) is 0. The monoisotopic (exact) mass is 218 g/mol. The molecule has 2 heteroatoms. The van der Waals surface area contributed by atoms with E-state index >= 15 is 0 Å². The maximum Gasteiger partial charge on any atom is 0.0503 e.